The molecular weight excluding hydrogens is 302 g/mol. The van der Waals surface area contributed by atoms with Gasteiger partial charge in [-0.1, -0.05) is 0 Å². The molecule has 1 atom stereocenters. The topological polar surface area (TPSA) is 30.7 Å². The largest absolute Gasteiger partial charge is 0.320 e. The number of imidazole rings is 1. The summed E-state index contributed by atoms with van der Waals surface area (Å²) in [5, 5.41) is 2.21. The molecule has 0 saturated heterocycles. The Morgan fingerprint density at radius 1 is 1.38 bits per heavy atom. The van der Waals surface area contributed by atoms with Crippen molar-refractivity contribution in [2.45, 2.75) is 31.7 Å². The van der Waals surface area contributed by atoms with Crippen LogP contribution in [0.15, 0.2) is 29.9 Å². The summed E-state index contributed by atoms with van der Waals surface area (Å²) in [5.41, 5.74) is 3.62. The number of hydrogen-bond acceptors (Lipinski definition) is 3. The predicted octanol–water partition coefficient (Wildman–Crippen LogP) is 4.20. The number of aromatic nitrogens is 3. The van der Waals surface area contributed by atoms with Crippen LogP contribution in [-0.4, -0.2) is 20.4 Å². The van der Waals surface area contributed by atoms with E-state index in [1.165, 1.54) is 35.2 Å². The maximum absolute atomic E-state index is 5.99. The number of hydrogen-bond donors (Lipinski definition) is 0. The van der Waals surface area contributed by atoms with Gasteiger partial charge in [0.1, 0.15) is 11.3 Å². The Morgan fingerprint density at radius 2 is 2.33 bits per heavy atom. The lowest BCUT2D eigenvalue weighted by Gasteiger charge is -2.26. The zero-order valence-electron chi connectivity index (χ0n) is 11.6. The maximum Gasteiger partial charge on any atom is 0.111 e. The van der Waals surface area contributed by atoms with Gasteiger partial charge < -0.3 is 4.57 Å². The van der Waals surface area contributed by atoms with Crippen LogP contribution in [0.4, 0.5) is 0 Å². The van der Waals surface area contributed by atoms with Crippen molar-refractivity contribution in [1.82, 2.24) is 14.5 Å². The molecule has 3 aromatic heterocycles. The summed E-state index contributed by atoms with van der Waals surface area (Å²) in [6.45, 7) is 0. The molecule has 3 heterocycles. The molecule has 0 spiro atoms. The zero-order chi connectivity index (χ0) is 14.2. The summed E-state index contributed by atoms with van der Waals surface area (Å²) >= 11 is 7.87. The van der Waals surface area contributed by atoms with Crippen LogP contribution in [0.2, 0.25) is 0 Å². The molecule has 0 bridgehead atoms. The van der Waals surface area contributed by atoms with Crippen LogP contribution in [0.3, 0.4) is 0 Å². The molecule has 0 saturated carbocycles. The lowest BCUT2D eigenvalue weighted by molar-refractivity contribution is 0.491. The fourth-order valence-electron chi connectivity index (χ4n) is 3.34. The van der Waals surface area contributed by atoms with E-state index in [0.29, 0.717) is 11.9 Å². The minimum atomic E-state index is 0.394. The van der Waals surface area contributed by atoms with Crippen molar-refractivity contribution in [1.29, 1.82) is 0 Å². The minimum absolute atomic E-state index is 0.394. The van der Waals surface area contributed by atoms with Gasteiger partial charge in [0.2, 0.25) is 0 Å². The fraction of sp³-hybridized carbons (Fsp3) is 0.375. The molecule has 21 heavy (non-hydrogen) atoms. The molecule has 3 nitrogen and oxygen atoms in total. The van der Waals surface area contributed by atoms with Gasteiger partial charge in [0.25, 0.3) is 0 Å². The number of nitrogens with zero attached hydrogens (tertiary/aromatic N) is 3. The normalized spacial score (nSPS) is 18.0. The lowest BCUT2D eigenvalue weighted by atomic mass is 9.93. The Balaban J connectivity index is 1.92. The van der Waals surface area contributed by atoms with Gasteiger partial charge in [0.15, 0.2) is 0 Å². The van der Waals surface area contributed by atoms with E-state index in [-0.39, 0.29) is 0 Å². The Bertz CT molecular complexity index is 777. The van der Waals surface area contributed by atoms with Gasteiger partial charge in [-0.05, 0) is 42.3 Å². The van der Waals surface area contributed by atoms with Gasteiger partial charge in [-0.2, -0.15) is 0 Å². The zero-order valence-corrected chi connectivity index (χ0v) is 13.2. The maximum atomic E-state index is 5.99. The molecule has 5 heteroatoms. The second-order valence-electron chi connectivity index (χ2n) is 5.41. The SMILES string of the molecule is ClCCc1nc2cnccc2n1C1CCCc2sccc21. The summed E-state index contributed by atoms with van der Waals surface area (Å²) in [5.74, 6) is 1.68. The second-order valence-corrected chi connectivity index (χ2v) is 6.79. The van der Waals surface area contributed by atoms with Crippen LogP contribution in [0.25, 0.3) is 11.0 Å². The van der Waals surface area contributed by atoms with E-state index in [0.717, 1.165) is 17.8 Å². The number of aryl methyl sites for hydroxylation is 2. The molecule has 1 unspecified atom stereocenters. The summed E-state index contributed by atoms with van der Waals surface area (Å²) in [6.07, 6.45) is 8.12. The molecule has 0 radical (unpaired) electrons. The lowest BCUT2D eigenvalue weighted by Crippen LogP contribution is -2.18. The highest BCUT2D eigenvalue weighted by atomic mass is 35.5. The first-order valence-corrected chi connectivity index (χ1v) is 8.73. The third-order valence-corrected chi connectivity index (χ3v) is 5.40. The van der Waals surface area contributed by atoms with Gasteiger partial charge in [0, 0.05) is 23.4 Å². The standard InChI is InChI=1S/C16H16ClN3S/c17-7-4-16-19-12-10-18-8-5-14(12)20(16)13-2-1-3-15-11(13)6-9-21-15/h5-6,8-10,13H,1-4,7H2. The highest BCUT2D eigenvalue weighted by Gasteiger charge is 2.26. The van der Waals surface area contributed by atoms with E-state index < -0.39 is 0 Å². The van der Waals surface area contributed by atoms with Crippen LogP contribution in [-0.2, 0) is 12.8 Å². The molecule has 0 aliphatic heterocycles. The van der Waals surface area contributed by atoms with E-state index >= 15 is 0 Å². The summed E-state index contributed by atoms with van der Waals surface area (Å²) in [7, 11) is 0. The van der Waals surface area contributed by atoms with Crippen molar-refractivity contribution in [3.8, 4) is 0 Å². The monoisotopic (exact) mass is 317 g/mol. The summed E-state index contributed by atoms with van der Waals surface area (Å²) in [4.78, 5) is 10.5. The van der Waals surface area contributed by atoms with E-state index in [4.69, 9.17) is 16.6 Å². The molecule has 1 aliphatic rings. The third kappa shape index (κ3) is 2.17. The first-order chi connectivity index (χ1) is 10.4. The van der Waals surface area contributed by atoms with Crippen LogP contribution in [0.5, 0.6) is 0 Å². The van der Waals surface area contributed by atoms with E-state index in [2.05, 4.69) is 27.1 Å². The molecule has 3 aromatic rings. The number of thiophene rings is 1. The highest BCUT2D eigenvalue weighted by molar-refractivity contribution is 7.10. The molecule has 1 aliphatic carbocycles. The van der Waals surface area contributed by atoms with Gasteiger partial charge in [-0.3, -0.25) is 4.98 Å². The number of rotatable bonds is 3. The quantitative estimate of drug-likeness (QED) is 0.678. The van der Waals surface area contributed by atoms with Crippen LogP contribution >= 0.6 is 22.9 Å². The first-order valence-electron chi connectivity index (χ1n) is 7.31. The molecule has 0 amide bonds. The second kappa shape index (κ2) is 5.43. The van der Waals surface area contributed by atoms with Crippen molar-refractivity contribution in [2.24, 2.45) is 0 Å². The van der Waals surface area contributed by atoms with Crippen molar-refractivity contribution >= 4 is 34.0 Å². The number of fused-ring (bicyclic) bond motifs is 2. The highest BCUT2D eigenvalue weighted by Crippen LogP contribution is 2.38. The van der Waals surface area contributed by atoms with Crippen LogP contribution in [0, 0.1) is 0 Å². The predicted molar refractivity (Wildman–Crippen MR) is 87.3 cm³/mol. The van der Waals surface area contributed by atoms with Crippen molar-refractivity contribution in [3.63, 3.8) is 0 Å². The Hall–Kier alpha value is -1.39. The van der Waals surface area contributed by atoms with Crippen molar-refractivity contribution in [3.05, 3.63) is 46.2 Å². The van der Waals surface area contributed by atoms with Crippen molar-refractivity contribution < 1.29 is 0 Å². The van der Waals surface area contributed by atoms with E-state index in [9.17, 15) is 0 Å². The Morgan fingerprint density at radius 3 is 3.24 bits per heavy atom. The van der Waals surface area contributed by atoms with E-state index in [1.54, 1.807) is 0 Å². The Labute approximate surface area is 132 Å². The molecule has 108 valence electrons. The Kier molecular flexibility index (Phi) is 3.43. The van der Waals surface area contributed by atoms with Gasteiger partial charge in [-0.25, -0.2) is 4.98 Å². The molecule has 0 fully saturated rings. The van der Waals surface area contributed by atoms with Crippen LogP contribution < -0.4 is 0 Å². The number of alkyl halides is 1. The average molecular weight is 318 g/mol. The minimum Gasteiger partial charge on any atom is -0.320 e. The van der Waals surface area contributed by atoms with Gasteiger partial charge >= 0.3 is 0 Å². The van der Waals surface area contributed by atoms with Gasteiger partial charge in [0.05, 0.1) is 17.8 Å². The first kappa shape index (κ1) is 13.3. The number of halogens is 1. The fourth-order valence-corrected chi connectivity index (χ4v) is 4.49. The molecule has 0 N–H and O–H groups in total. The summed E-state index contributed by atoms with van der Waals surface area (Å²) < 4.78 is 2.39. The third-order valence-electron chi connectivity index (χ3n) is 4.21. The van der Waals surface area contributed by atoms with Gasteiger partial charge in [-0.15, -0.1) is 22.9 Å². The van der Waals surface area contributed by atoms with Crippen LogP contribution in [0.1, 0.15) is 35.1 Å². The smallest absolute Gasteiger partial charge is 0.111 e. The van der Waals surface area contributed by atoms with Crippen molar-refractivity contribution in [2.75, 3.05) is 5.88 Å². The number of pyridine rings is 1. The molecule has 4 rings (SSSR count). The molecule has 0 aromatic carbocycles. The summed E-state index contributed by atoms with van der Waals surface area (Å²) in [6, 6.07) is 4.74. The molecular formula is C16H16ClN3S. The van der Waals surface area contributed by atoms with E-state index in [1.807, 2.05) is 23.7 Å². The average Bonchev–Trinajstić information content (AvgIpc) is 3.11.